The number of non-ortho nitro benzene ring substituents is 1. The summed E-state index contributed by atoms with van der Waals surface area (Å²) in [6, 6.07) is 2.56. The molecule has 0 bridgehead atoms. The molecule has 7 heteroatoms. The fraction of sp³-hybridized carbons (Fsp3) is 0. The van der Waals surface area contributed by atoms with Crippen LogP contribution in [0.25, 0.3) is 10.9 Å². The van der Waals surface area contributed by atoms with E-state index in [1.165, 1.54) is 12.1 Å². The van der Waals surface area contributed by atoms with Crippen molar-refractivity contribution < 1.29 is 4.92 Å². The highest BCUT2D eigenvalue weighted by atomic mass is 35.5. The molecule has 0 spiro atoms. The quantitative estimate of drug-likeness (QED) is 0.606. The first-order chi connectivity index (χ1) is 6.59. The lowest BCUT2D eigenvalue weighted by Gasteiger charge is -1.93. The molecule has 1 heterocycles. The Bertz CT molecular complexity index is 523. The summed E-state index contributed by atoms with van der Waals surface area (Å²) in [6.45, 7) is 0. The van der Waals surface area contributed by atoms with Crippen molar-refractivity contribution in [1.29, 1.82) is 0 Å². The van der Waals surface area contributed by atoms with Crippen LogP contribution < -0.4 is 0 Å². The number of fused-ring (bicyclic) bond motifs is 1. The summed E-state index contributed by atoms with van der Waals surface area (Å²) in [5, 5.41) is 17.7. The maximum Gasteiger partial charge on any atom is 0.271 e. The van der Waals surface area contributed by atoms with E-state index in [9.17, 15) is 10.1 Å². The first-order valence-electron chi connectivity index (χ1n) is 3.57. The van der Waals surface area contributed by atoms with Gasteiger partial charge in [0.2, 0.25) is 0 Å². The molecule has 2 aromatic rings. The van der Waals surface area contributed by atoms with Crippen molar-refractivity contribution in [1.82, 2.24) is 10.2 Å². The van der Waals surface area contributed by atoms with Crippen molar-refractivity contribution in [2.75, 3.05) is 0 Å². The van der Waals surface area contributed by atoms with Crippen LogP contribution in [0.3, 0.4) is 0 Å². The van der Waals surface area contributed by atoms with Gasteiger partial charge in [-0.1, -0.05) is 23.2 Å². The lowest BCUT2D eigenvalue weighted by molar-refractivity contribution is -0.384. The van der Waals surface area contributed by atoms with Crippen LogP contribution in [-0.2, 0) is 0 Å². The number of halogens is 2. The van der Waals surface area contributed by atoms with Crippen LogP contribution in [0.15, 0.2) is 12.1 Å². The van der Waals surface area contributed by atoms with Crippen molar-refractivity contribution in [3.8, 4) is 0 Å². The van der Waals surface area contributed by atoms with Gasteiger partial charge in [0, 0.05) is 17.5 Å². The lowest BCUT2D eigenvalue weighted by atomic mass is 10.2. The molecule has 0 aliphatic carbocycles. The molecule has 72 valence electrons. The van der Waals surface area contributed by atoms with Gasteiger partial charge in [0.05, 0.1) is 9.95 Å². The predicted octanol–water partition coefficient (Wildman–Crippen LogP) is 2.78. The normalized spacial score (nSPS) is 10.7. The summed E-state index contributed by atoms with van der Waals surface area (Å²) < 4.78 is 0. The van der Waals surface area contributed by atoms with E-state index >= 15 is 0 Å². The van der Waals surface area contributed by atoms with Gasteiger partial charge in [0.25, 0.3) is 5.69 Å². The summed E-state index contributed by atoms with van der Waals surface area (Å²) in [5.41, 5.74) is 0.327. The Kier molecular flexibility index (Phi) is 2.05. The minimum absolute atomic E-state index is 0.106. The van der Waals surface area contributed by atoms with Crippen molar-refractivity contribution in [2.45, 2.75) is 0 Å². The van der Waals surface area contributed by atoms with E-state index in [1.807, 2.05) is 0 Å². The SMILES string of the molecule is O=[N+]([O-])c1cc(Cl)c2n[nH]c(Cl)c2c1. The Morgan fingerprint density at radius 1 is 1.43 bits per heavy atom. The molecule has 5 nitrogen and oxygen atoms in total. The maximum absolute atomic E-state index is 10.5. The Balaban J connectivity index is 2.82. The van der Waals surface area contributed by atoms with Crippen LogP contribution in [0.5, 0.6) is 0 Å². The number of nitro benzene ring substituents is 1. The molecular weight excluding hydrogens is 229 g/mol. The molecule has 1 aromatic carbocycles. The van der Waals surface area contributed by atoms with E-state index < -0.39 is 4.92 Å². The number of nitrogens with one attached hydrogen (secondary N) is 1. The Hall–Kier alpha value is -1.33. The monoisotopic (exact) mass is 231 g/mol. The maximum atomic E-state index is 10.5. The largest absolute Gasteiger partial charge is 0.271 e. The molecule has 0 atom stereocenters. The number of hydrogen-bond donors (Lipinski definition) is 1. The molecule has 0 saturated heterocycles. The summed E-state index contributed by atoms with van der Waals surface area (Å²) in [7, 11) is 0. The summed E-state index contributed by atoms with van der Waals surface area (Å²) in [5.74, 6) is 0. The number of benzene rings is 1. The zero-order valence-corrected chi connectivity index (χ0v) is 8.13. The second-order valence-electron chi connectivity index (χ2n) is 2.62. The molecule has 1 aromatic heterocycles. The molecule has 0 unspecified atom stereocenters. The van der Waals surface area contributed by atoms with E-state index in [0.29, 0.717) is 10.9 Å². The fourth-order valence-electron chi connectivity index (χ4n) is 1.14. The Morgan fingerprint density at radius 3 is 2.79 bits per heavy atom. The van der Waals surface area contributed by atoms with Gasteiger partial charge in [-0.25, -0.2) is 0 Å². The molecule has 0 aliphatic rings. The molecule has 0 fully saturated rings. The van der Waals surface area contributed by atoms with Crippen LogP contribution in [0, 0.1) is 10.1 Å². The van der Waals surface area contributed by atoms with Gasteiger partial charge in [0.1, 0.15) is 10.7 Å². The first-order valence-corrected chi connectivity index (χ1v) is 4.32. The lowest BCUT2D eigenvalue weighted by Crippen LogP contribution is -1.87. The molecule has 0 saturated carbocycles. The average Bonchev–Trinajstić information content (AvgIpc) is 2.48. The zero-order chi connectivity index (χ0) is 10.3. The second-order valence-corrected chi connectivity index (χ2v) is 3.40. The van der Waals surface area contributed by atoms with Crippen LogP contribution in [0.1, 0.15) is 0 Å². The molecule has 14 heavy (non-hydrogen) atoms. The predicted molar refractivity (Wildman–Crippen MR) is 52.8 cm³/mol. The van der Waals surface area contributed by atoms with Crippen LogP contribution in [-0.4, -0.2) is 15.1 Å². The third kappa shape index (κ3) is 1.30. The highest BCUT2D eigenvalue weighted by Crippen LogP contribution is 2.31. The standard InChI is InChI=1S/C7H3Cl2N3O2/c8-5-2-3(12(13)14)1-4-6(5)10-11-7(4)9/h1-2H,(H,10,11). The number of H-pyrrole nitrogens is 1. The van der Waals surface area contributed by atoms with Crippen molar-refractivity contribution in [2.24, 2.45) is 0 Å². The number of rotatable bonds is 1. The van der Waals surface area contributed by atoms with Crippen LogP contribution >= 0.6 is 23.2 Å². The van der Waals surface area contributed by atoms with Gasteiger partial charge in [-0.3, -0.25) is 15.2 Å². The molecule has 0 aliphatic heterocycles. The zero-order valence-electron chi connectivity index (χ0n) is 6.62. The van der Waals surface area contributed by atoms with Crippen molar-refractivity contribution in [3.63, 3.8) is 0 Å². The summed E-state index contributed by atoms with van der Waals surface area (Å²) in [4.78, 5) is 9.97. The molecule has 0 amide bonds. The Labute approximate surface area is 87.8 Å². The number of nitro groups is 1. The number of nitrogens with zero attached hydrogens (tertiary/aromatic N) is 2. The number of aromatic nitrogens is 2. The Morgan fingerprint density at radius 2 is 2.14 bits per heavy atom. The van der Waals surface area contributed by atoms with Gasteiger partial charge in [0.15, 0.2) is 0 Å². The van der Waals surface area contributed by atoms with Crippen molar-refractivity contribution >= 4 is 39.8 Å². The van der Waals surface area contributed by atoms with E-state index in [-0.39, 0.29) is 15.9 Å². The summed E-state index contributed by atoms with van der Waals surface area (Å²) >= 11 is 11.5. The minimum Gasteiger partial charge on any atom is -0.266 e. The highest BCUT2D eigenvalue weighted by molar-refractivity contribution is 6.39. The van der Waals surface area contributed by atoms with Gasteiger partial charge >= 0.3 is 0 Å². The van der Waals surface area contributed by atoms with Crippen molar-refractivity contribution in [3.05, 3.63) is 32.4 Å². The first kappa shape index (κ1) is 9.23. The van der Waals surface area contributed by atoms with Gasteiger partial charge in [-0.05, 0) is 0 Å². The number of hydrogen-bond acceptors (Lipinski definition) is 3. The van der Waals surface area contributed by atoms with Crippen LogP contribution in [0.2, 0.25) is 10.2 Å². The van der Waals surface area contributed by atoms with Gasteiger partial charge in [-0.15, -0.1) is 0 Å². The molecule has 2 rings (SSSR count). The third-order valence-corrected chi connectivity index (χ3v) is 2.34. The summed E-state index contributed by atoms with van der Waals surface area (Å²) in [6.07, 6.45) is 0. The average molecular weight is 232 g/mol. The molecule has 0 radical (unpaired) electrons. The van der Waals surface area contributed by atoms with Crippen LogP contribution in [0.4, 0.5) is 5.69 Å². The highest BCUT2D eigenvalue weighted by Gasteiger charge is 2.14. The smallest absolute Gasteiger partial charge is 0.266 e. The number of aromatic amines is 1. The third-order valence-electron chi connectivity index (χ3n) is 1.76. The van der Waals surface area contributed by atoms with Gasteiger partial charge < -0.3 is 0 Å². The van der Waals surface area contributed by atoms with E-state index in [4.69, 9.17) is 23.2 Å². The topological polar surface area (TPSA) is 71.8 Å². The van der Waals surface area contributed by atoms with Gasteiger partial charge in [-0.2, -0.15) is 5.10 Å². The van der Waals surface area contributed by atoms with E-state index in [1.54, 1.807) is 0 Å². The molecule has 1 N–H and O–H groups in total. The molecular formula is C7H3Cl2N3O2. The second kappa shape index (κ2) is 3.11. The van der Waals surface area contributed by atoms with E-state index in [0.717, 1.165) is 0 Å². The minimum atomic E-state index is -0.533. The fourth-order valence-corrected chi connectivity index (χ4v) is 1.58. The van der Waals surface area contributed by atoms with E-state index in [2.05, 4.69) is 10.2 Å².